The molecule has 0 aliphatic heterocycles. The van der Waals surface area contributed by atoms with Crippen LogP contribution in [0.2, 0.25) is 0 Å². The van der Waals surface area contributed by atoms with E-state index in [1.165, 1.54) is 14.2 Å². The molecule has 0 amide bonds. The summed E-state index contributed by atoms with van der Waals surface area (Å²) >= 11 is 19.0. The molecular weight excluding hydrogens is 772 g/mol. The molecule has 1 aliphatic rings. The van der Waals surface area contributed by atoms with Crippen molar-refractivity contribution in [3.8, 4) is 23.3 Å². The van der Waals surface area contributed by atoms with Gasteiger partial charge >= 0.3 is 17.9 Å². The van der Waals surface area contributed by atoms with E-state index < -0.39 is 44.7 Å². The van der Waals surface area contributed by atoms with Crippen LogP contribution < -0.4 is 9.47 Å². The minimum Gasteiger partial charge on any atom is -0.494 e. The third-order valence-corrected chi connectivity index (χ3v) is 14.2. The first kappa shape index (κ1) is 43.1. The zero-order valence-electron chi connectivity index (χ0n) is 29.2. The number of hydrogen-bond acceptors (Lipinski definition) is 13. The average Bonchev–Trinajstić information content (AvgIpc) is 3.74. The first-order valence-corrected chi connectivity index (χ1v) is 21.0. The molecule has 1 saturated carbocycles. The van der Waals surface area contributed by atoms with Gasteiger partial charge in [-0.1, -0.05) is 77.0 Å². The van der Waals surface area contributed by atoms with Gasteiger partial charge in [0.2, 0.25) is 11.8 Å². The number of halogens is 2. The number of alkyl halides is 2. The zero-order valence-corrected chi connectivity index (χ0v) is 33.3. The summed E-state index contributed by atoms with van der Waals surface area (Å²) in [7, 11) is 2.81. The Labute approximate surface area is 323 Å². The van der Waals surface area contributed by atoms with Gasteiger partial charge in [0.1, 0.15) is 38.3 Å². The predicted octanol–water partition coefficient (Wildman–Crippen LogP) is 8.62. The van der Waals surface area contributed by atoms with Crippen LogP contribution in [-0.4, -0.2) is 61.5 Å². The summed E-state index contributed by atoms with van der Waals surface area (Å²) in [6, 6.07) is 25.1. The van der Waals surface area contributed by atoms with Crippen molar-refractivity contribution in [2.75, 3.05) is 34.0 Å². The molecule has 280 valence electrons. The normalized spacial score (nSPS) is 16.8. The number of hydrogen-bond donors (Lipinski definition) is 0. The quantitative estimate of drug-likeness (QED) is 0.0557. The van der Waals surface area contributed by atoms with Crippen molar-refractivity contribution in [2.45, 2.75) is 54.7 Å². The molecule has 0 spiro atoms. The van der Waals surface area contributed by atoms with Crippen LogP contribution in [-0.2, 0) is 54.9 Å². The van der Waals surface area contributed by atoms with Gasteiger partial charge in [0, 0.05) is 26.2 Å². The Balaban J connectivity index is 0.000000329. The van der Waals surface area contributed by atoms with Crippen molar-refractivity contribution in [3.63, 3.8) is 0 Å². The number of esters is 3. The number of rotatable bonds is 17. The summed E-state index contributed by atoms with van der Waals surface area (Å²) in [6.07, 6.45) is -1.09. The van der Waals surface area contributed by atoms with E-state index in [1.807, 2.05) is 43.3 Å². The maximum atomic E-state index is 13.3. The fourth-order valence-corrected chi connectivity index (χ4v) is 9.41. The molecule has 1 fully saturated rings. The molecule has 0 aromatic heterocycles. The van der Waals surface area contributed by atoms with Crippen LogP contribution in [0.1, 0.15) is 50.8 Å². The molecule has 16 heteroatoms. The minimum atomic E-state index is -2.65. The molecule has 11 nitrogen and oxygen atoms in total. The fourth-order valence-electron chi connectivity index (χ4n) is 4.77. The van der Waals surface area contributed by atoms with E-state index in [1.54, 1.807) is 62.4 Å². The molecule has 0 radical (unpaired) electrons. The summed E-state index contributed by atoms with van der Waals surface area (Å²) in [6.45, 7) is 6.27. The lowest BCUT2D eigenvalue weighted by Crippen LogP contribution is -2.30. The van der Waals surface area contributed by atoms with Gasteiger partial charge in [-0.3, -0.25) is 14.4 Å². The lowest BCUT2D eigenvalue weighted by molar-refractivity contribution is -0.150. The first-order chi connectivity index (χ1) is 24.8. The van der Waals surface area contributed by atoms with Crippen LogP contribution in [0, 0.1) is 11.3 Å². The highest BCUT2D eigenvalue weighted by Gasteiger charge is 2.73. The summed E-state index contributed by atoms with van der Waals surface area (Å²) in [5.74, 6) is 0.182. The molecule has 3 aromatic carbocycles. The average molecular weight is 813 g/mol. The lowest BCUT2D eigenvalue weighted by Gasteiger charge is -2.21. The molecule has 1 aliphatic carbocycles. The number of para-hydroxylation sites is 1. The van der Waals surface area contributed by atoms with Crippen LogP contribution in [0.4, 0.5) is 0 Å². The number of nitriles is 1. The maximum absolute atomic E-state index is 13.3. The van der Waals surface area contributed by atoms with Crippen LogP contribution in [0.15, 0.2) is 78.9 Å². The Morgan fingerprint density at radius 2 is 1.50 bits per heavy atom. The molecule has 3 atom stereocenters. The van der Waals surface area contributed by atoms with Gasteiger partial charge in [-0.2, -0.15) is 5.26 Å². The number of nitrogens with zero attached hydrogens (tertiary/aromatic N) is 1. The highest BCUT2D eigenvalue weighted by atomic mass is 35.5. The van der Waals surface area contributed by atoms with Crippen molar-refractivity contribution in [1.29, 1.82) is 5.26 Å². The molecule has 3 unspecified atom stereocenters. The third-order valence-electron chi connectivity index (χ3n) is 7.39. The molecule has 0 heterocycles. The fraction of sp³-hybridized carbons (Fsp3) is 0.389. The zero-order chi connectivity index (χ0) is 38.4. The predicted molar refractivity (Wildman–Crippen MR) is 203 cm³/mol. The Hall–Kier alpha value is -3.34. The van der Waals surface area contributed by atoms with Crippen LogP contribution in [0.3, 0.4) is 0 Å². The SMILES string of the molecule is CCOC(=O)CC(SP(=S)(OC)OC)C(=O)OCC.CCOc1ccc(C2(C(=O)OC(C#N)c3cccc(Oc4ccccc4)c3)CC2(Cl)Cl)cc1. The van der Waals surface area contributed by atoms with Crippen LogP contribution in [0.5, 0.6) is 17.2 Å². The number of benzene rings is 3. The van der Waals surface area contributed by atoms with Gasteiger partial charge < -0.3 is 32.7 Å². The minimum absolute atomic E-state index is 0.123. The molecular formula is C36H40Cl2NO10PS2. The van der Waals surface area contributed by atoms with E-state index in [-0.39, 0.29) is 26.1 Å². The molecule has 0 N–H and O–H groups in total. The van der Waals surface area contributed by atoms with E-state index in [0.717, 1.165) is 11.4 Å². The van der Waals surface area contributed by atoms with Crippen molar-refractivity contribution in [3.05, 3.63) is 90.0 Å². The van der Waals surface area contributed by atoms with Crippen molar-refractivity contribution < 1.29 is 47.1 Å². The Morgan fingerprint density at radius 3 is 2.04 bits per heavy atom. The molecule has 3 aromatic rings. The number of carbonyl (C=O) groups excluding carboxylic acids is 3. The second-order valence-electron chi connectivity index (χ2n) is 10.8. The monoisotopic (exact) mass is 811 g/mol. The largest absolute Gasteiger partial charge is 0.494 e. The van der Waals surface area contributed by atoms with Crippen LogP contribution in [0.25, 0.3) is 0 Å². The van der Waals surface area contributed by atoms with E-state index in [2.05, 4.69) is 0 Å². The van der Waals surface area contributed by atoms with Crippen LogP contribution >= 0.6 is 40.3 Å². The Morgan fingerprint density at radius 1 is 0.885 bits per heavy atom. The molecule has 52 heavy (non-hydrogen) atoms. The van der Waals surface area contributed by atoms with Gasteiger partial charge in [0.15, 0.2) is 0 Å². The molecule has 0 bridgehead atoms. The first-order valence-electron chi connectivity index (χ1n) is 16.1. The Bertz CT molecular complexity index is 1730. The summed E-state index contributed by atoms with van der Waals surface area (Å²) in [5, 5.41) is 8.95. The molecule has 0 saturated heterocycles. The summed E-state index contributed by atoms with van der Waals surface area (Å²) < 4.78 is 35.5. The summed E-state index contributed by atoms with van der Waals surface area (Å²) in [4.78, 5) is 36.5. The Kier molecular flexibility index (Phi) is 16.7. The second kappa shape index (κ2) is 20.2. The van der Waals surface area contributed by atoms with E-state index in [0.29, 0.717) is 35.0 Å². The topological polar surface area (TPSA) is 140 Å². The van der Waals surface area contributed by atoms with Gasteiger partial charge in [-0.15, -0.1) is 0 Å². The number of ether oxygens (including phenoxy) is 5. The lowest BCUT2D eigenvalue weighted by atomic mass is 9.95. The van der Waals surface area contributed by atoms with Crippen molar-refractivity contribution in [1.82, 2.24) is 0 Å². The highest BCUT2D eigenvalue weighted by molar-refractivity contribution is 8.68. The van der Waals surface area contributed by atoms with Gasteiger partial charge in [0.25, 0.3) is 0 Å². The van der Waals surface area contributed by atoms with Crippen molar-refractivity contribution in [2.24, 2.45) is 0 Å². The smallest absolute Gasteiger partial charge is 0.321 e. The molecule has 4 rings (SSSR count). The highest BCUT2D eigenvalue weighted by Crippen LogP contribution is 2.66. The second-order valence-corrected chi connectivity index (χ2v) is 18.9. The van der Waals surface area contributed by atoms with Gasteiger partial charge in [0.05, 0.1) is 26.2 Å². The van der Waals surface area contributed by atoms with Gasteiger partial charge in [-0.05, 0) is 74.5 Å². The van der Waals surface area contributed by atoms with Crippen molar-refractivity contribution >= 4 is 70.0 Å². The summed E-state index contributed by atoms with van der Waals surface area (Å²) in [5.41, 5.74) is -2.81. The standard InChI is InChI=1S/C26H21Cl2NO4.C10H19O6PS2/c1-2-31-20-13-11-19(12-14-20)25(17-26(25,27)28)24(30)33-23(16-29)18-7-6-10-22(15-18)32-21-8-4-3-5-9-21;1-5-15-9(11)7-8(10(12)16-6-2)19-17(18,13-3)14-4/h3-15,23H,2,17H2,1H3;8H,5-7H2,1-4H3. The number of carbonyl (C=O) groups is 3. The van der Waals surface area contributed by atoms with Gasteiger partial charge in [-0.25, -0.2) is 0 Å². The maximum Gasteiger partial charge on any atom is 0.321 e. The van der Waals surface area contributed by atoms with E-state index in [9.17, 15) is 19.6 Å². The van der Waals surface area contributed by atoms with E-state index in [4.69, 9.17) is 67.7 Å². The van der Waals surface area contributed by atoms with E-state index >= 15 is 0 Å². The third kappa shape index (κ3) is 11.6.